The molecule has 0 heterocycles. The summed E-state index contributed by atoms with van der Waals surface area (Å²) in [7, 11) is 0. The molecule has 0 saturated heterocycles. The molecule has 0 aromatic heterocycles. The highest BCUT2D eigenvalue weighted by Gasteiger charge is 2.42. The van der Waals surface area contributed by atoms with Crippen molar-refractivity contribution in [3.05, 3.63) is 161 Å². The maximum atomic E-state index is 2.56. The Hall–Kier alpha value is -4.88. The first-order chi connectivity index (χ1) is 27.9. The van der Waals surface area contributed by atoms with Crippen molar-refractivity contribution in [3.8, 4) is 33.4 Å². The van der Waals surface area contributed by atoms with E-state index in [2.05, 4.69) is 194 Å². The van der Waals surface area contributed by atoms with Crippen LogP contribution in [0.5, 0.6) is 0 Å². The van der Waals surface area contributed by atoms with Gasteiger partial charge in [-0.25, -0.2) is 0 Å². The minimum atomic E-state index is 0.0377. The van der Waals surface area contributed by atoms with Gasteiger partial charge in [0.25, 0.3) is 0 Å². The lowest BCUT2D eigenvalue weighted by molar-refractivity contribution is 0.436. The third-order valence-electron chi connectivity index (χ3n) is 13.4. The van der Waals surface area contributed by atoms with Crippen LogP contribution in [0.15, 0.2) is 133 Å². The van der Waals surface area contributed by atoms with Crippen LogP contribution < -0.4 is 4.90 Å². The summed E-state index contributed by atoms with van der Waals surface area (Å²) in [5.74, 6) is 0.644. The number of fused-ring (bicyclic) bond motifs is 3. The summed E-state index contributed by atoms with van der Waals surface area (Å²) in [4.78, 5) is 2.53. The zero-order chi connectivity index (χ0) is 40.7. The molecule has 2 aliphatic rings. The van der Waals surface area contributed by atoms with Crippen LogP contribution in [0.4, 0.5) is 17.1 Å². The summed E-state index contributed by atoms with van der Waals surface area (Å²) in [6, 6.07) is 51.8. The highest BCUT2D eigenvalue weighted by molar-refractivity contribution is 5.86. The number of hydrogen-bond acceptors (Lipinski definition) is 1. The van der Waals surface area contributed by atoms with E-state index in [0.29, 0.717) is 5.92 Å². The fourth-order valence-electron chi connectivity index (χ4n) is 10.2. The molecule has 1 heteroatoms. The fourth-order valence-corrected chi connectivity index (χ4v) is 10.2. The van der Waals surface area contributed by atoms with E-state index in [0.717, 1.165) is 25.7 Å². The molecule has 1 saturated carbocycles. The van der Waals surface area contributed by atoms with Crippen LogP contribution >= 0.6 is 0 Å². The molecule has 0 bridgehead atoms. The van der Waals surface area contributed by atoms with Crippen molar-refractivity contribution in [3.63, 3.8) is 0 Å². The van der Waals surface area contributed by atoms with E-state index in [9.17, 15) is 0 Å². The first-order valence-corrected chi connectivity index (χ1v) is 22.4. The van der Waals surface area contributed by atoms with Gasteiger partial charge in [-0.2, -0.15) is 0 Å². The molecule has 2 aliphatic carbocycles. The number of anilines is 3. The van der Waals surface area contributed by atoms with Gasteiger partial charge in [-0.05, 0) is 146 Å². The molecule has 6 aromatic carbocycles. The molecule has 0 atom stereocenters. The zero-order valence-corrected chi connectivity index (χ0v) is 36.6. The van der Waals surface area contributed by atoms with E-state index >= 15 is 0 Å². The topological polar surface area (TPSA) is 3.24 Å². The van der Waals surface area contributed by atoms with Crippen LogP contribution in [0.3, 0.4) is 0 Å². The lowest BCUT2D eigenvalue weighted by atomic mass is 9.71. The van der Waals surface area contributed by atoms with Crippen molar-refractivity contribution in [2.45, 2.75) is 135 Å². The van der Waals surface area contributed by atoms with Crippen LogP contribution in [-0.4, -0.2) is 0 Å². The predicted molar refractivity (Wildman–Crippen MR) is 251 cm³/mol. The van der Waals surface area contributed by atoms with Crippen LogP contribution in [0.1, 0.15) is 147 Å². The van der Waals surface area contributed by atoms with Crippen molar-refractivity contribution >= 4 is 17.1 Å². The Morgan fingerprint density at radius 3 is 1.72 bits per heavy atom. The van der Waals surface area contributed by atoms with Crippen molar-refractivity contribution in [1.29, 1.82) is 0 Å². The summed E-state index contributed by atoms with van der Waals surface area (Å²) in [6.07, 6.45) is 11.3. The lowest BCUT2D eigenvalue weighted by Crippen LogP contribution is -2.25. The van der Waals surface area contributed by atoms with E-state index in [4.69, 9.17) is 0 Å². The van der Waals surface area contributed by atoms with Gasteiger partial charge in [0.1, 0.15) is 0 Å². The Morgan fingerprint density at radius 1 is 0.483 bits per heavy atom. The van der Waals surface area contributed by atoms with Gasteiger partial charge >= 0.3 is 0 Å². The largest absolute Gasteiger partial charge is 0.310 e. The third-order valence-corrected chi connectivity index (χ3v) is 13.4. The molecular formula is C57H65N. The van der Waals surface area contributed by atoms with Gasteiger partial charge < -0.3 is 4.90 Å². The second-order valence-electron chi connectivity index (χ2n) is 19.5. The minimum absolute atomic E-state index is 0.0377. The van der Waals surface area contributed by atoms with Gasteiger partial charge in [-0.15, -0.1) is 0 Å². The Morgan fingerprint density at radius 2 is 1.07 bits per heavy atom. The number of hydrogen-bond donors (Lipinski definition) is 0. The first kappa shape index (κ1) is 39.9. The molecule has 58 heavy (non-hydrogen) atoms. The molecule has 0 radical (unpaired) electrons. The second-order valence-corrected chi connectivity index (χ2v) is 19.5. The standard InChI is InChI=1S/C57H65N/c1-9-32-57(33-10-2)53-25-15-14-24-51(53)52-31-30-50(39-54(52)57)58(49-23-17-22-44(37-49)40-18-12-11-13-19-40)48-28-26-41(27-29-48)42-20-16-21-43(34-42)45-35-46(55(3,4)5)38-47(36-45)56(6,7)8/h14-17,20-31,34-40H,9-13,18-19,32-33H2,1-8H3. The number of rotatable bonds is 10. The molecule has 0 N–H and O–H groups in total. The van der Waals surface area contributed by atoms with Crippen LogP contribution in [0.25, 0.3) is 33.4 Å². The van der Waals surface area contributed by atoms with Crippen molar-refractivity contribution in [1.82, 2.24) is 0 Å². The SMILES string of the molecule is CCCC1(CCC)c2ccccc2-c2ccc(N(c3ccc(-c4cccc(-c5cc(C(C)(C)C)cc(C(C)(C)C)c5)c4)cc3)c3cccc(C4CCCCC4)c3)cc21. The number of benzene rings is 6. The Bertz CT molecular complexity index is 2330. The van der Waals surface area contributed by atoms with Gasteiger partial charge in [0.2, 0.25) is 0 Å². The highest BCUT2D eigenvalue weighted by atomic mass is 15.1. The minimum Gasteiger partial charge on any atom is -0.310 e. The van der Waals surface area contributed by atoms with Gasteiger partial charge in [-0.3, -0.25) is 0 Å². The lowest BCUT2D eigenvalue weighted by Gasteiger charge is -2.33. The molecular weight excluding hydrogens is 699 g/mol. The molecule has 0 aliphatic heterocycles. The Labute approximate surface area is 350 Å². The second kappa shape index (κ2) is 16.1. The predicted octanol–water partition coefficient (Wildman–Crippen LogP) is 17.0. The highest BCUT2D eigenvalue weighted by Crippen LogP contribution is 2.55. The van der Waals surface area contributed by atoms with E-state index in [1.165, 1.54) is 110 Å². The van der Waals surface area contributed by atoms with Crippen molar-refractivity contribution < 1.29 is 0 Å². The molecule has 0 unspecified atom stereocenters. The molecule has 1 nitrogen and oxygen atoms in total. The van der Waals surface area contributed by atoms with Crippen LogP contribution in [-0.2, 0) is 16.2 Å². The summed E-state index contributed by atoms with van der Waals surface area (Å²) in [6.45, 7) is 18.6. The molecule has 8 rings (SSSR count). The van der Waals surface area contributed by atoms with Gasteiger partial charge in [0, 0.05) is 22.5 Å². The van der Waals surface area contributed by atoms with Gasteiger partial charge in [-0.1, -0.05) is 178 Å². The monoisotopic (exact) mass is 764 g/mol. The van der Waals surface area contributed by atoms with E-state index < -0.39 is 0 Å². The number of nitrogens with zero attached hydrogens (tertiary/aromatic N) is 1. The maximum absolute atomic E-state index is 2.56. The average molecular weight is 764 g/mol. The van der Waals surface area contributed by atoms with Gasteiger partial charge in [0.15, 0.2) is 0 Å². The summed E-state index contributed by atoms with van der Waals surface area (Å²) in [5, 5.41) is 0. The molecule has 0 spiro atoms. The molecule has 298 valence electrons. The van der Waals surface area contributed by atoms with Crippen LogP contribution in [0, 0.1) is 0 Å². The quantitative estimate of drug-likeness (QED) is 0.134. The normalized spacial score (nSPS) is 15.2. The Kier molecular flexibility index (Phi) is 11.0. The van der Waals surface area contributed by atoms with E-state index in [-0.39, 0.29) is 16.2 Å². The molecule has 0 amide bonds. The van der Waals surface area contributed by atoms with Crippen molar-refractivity contribution in [2.75, 3.05) is 4.90 Å². The maximum Gasteiger partial charge on any atom is 0.0465 e. The van der Waals surface area contributed by atoms with E-state index in [1.54, 1.807) is 0 Å². The Balaban J connectivity index is 1.22. The first-order valence-electron chi connectivity index (χ1n) is 22.4. The molecule has 1 fully saturated rings. The van der Waals surface area contributed by atoms with Crippen LogP contribution in [0.2, 0.25) is 0 Å². The zero-order valence-electron chi connectivity index (χ0n) is 36.6. The summed E-state index contributed by atoms with van der Waals surface area (Å²) in [5.41, 5.74) is 19.0. The fraction of sp³-hybridized carbons (Fsp3) is 0.368. The molecule has 6 aromatic rings. The summed E-state index contributed by atoms with van der Waals surface area (Å²) < 4.78 is 0. The summed E-state index contributed by atoms with van der Waals surface area (Å²) >= 11 is 0. The van der Waals surface area contributed by atoms with Gasteiger partial charge in [0.05, 0.1) is 0 Å². The third kappa shape index (κ3) is 7.70. The van der Waals surface area contributed by atoms with E-state index in [1.807, 2.05) is 0 Å². The van der Waals surface area contributed by atoms with Crippen molar-refractivity contribution in [2.24, 2.45) is 0 Å². The smallest absolute Gasteiger partial charge is 0.0465 e. The average Bonchev–Trinajstić information content (AvgIpc) is 3.49.